The highest BCUT2D eigenvalue weighted by molar-refractivity contribution is 7.86. The molecule has 2 aliphatic rings. The van der Waals surface area contributed by atoms with E-state index in [0.29, 0.717) is 45.6 Å². The maximum absolute atomic E-state index is 12.9. The van der Waals surface area contributed by atoms with Crippen molar-refractivity contribution in [3.05, 3.63) is 18.2 Å². The molecule has 27 heavy (non-hydrogen) atoms. The Balaban J connectivity index is 1.84. The predicted molar refractivity (Wildman–Crippen MR) is 100 cm³/mol. The van der Waals surface area contributed by atoms with Crippen molar-refractivity contribution >= 4 is 16.1 Å². The van der Waals surface area contributed by atoms with Gasteiger partial charge in [0.1, 0.15) is 11.4 Å². The van der Waals surface area contributed by atoms with Crippen LogP contribution >= 0.6 is 0 Å². The number of ether oxygens (including phenoxy) is 1. The van der Waals surface area contributed by atoms with Crippen LogP contribution in [0.1, 0.15) is 32.5 Å². The van der Waals surface area contributed by atoms with Crippen LogP contribution in [0.25, 0.3) is 0 Å². The van der Waals surface area contributed by atoms with E-state index in [1.54, 1.807) is 11.1 Å². The van der Waals surface area contributed by atoms with Gasteiger partial charge < -0.3 is 14.2 Å². The van der Waals surface area contributed by atoms with E-state index in [1.165, 1.54) is 22.7 Å². The largest absolute Gasteiger partial charge is 0.352 e. The molecule has 3 rings (SSSR count). The Kier molecular flexibility index (Phi) is 5.62. The molecule has 1 aromatic rings. The third-order valence-corrected chi connectivity index (χ3v) is 7.46. The van der Waals surface area contributed by atoms with Crippen LogP contribution < -0.4 is 0 Å². The number of carbonyl (C=O) groups is 1. The Morgan fingerprint density at radius 1 is 1.30 bits per heavy atom. The molecule has 1 aromatic heterocycles. The first-order valence-electron chi connectivity index (χ1n) is 9.41. The van der Waals surface area contributed by atoms with Gasteiger partial charge in [-0.2, -0.15) is 17.0 Å². The second-order valence-electron chi connectivity index (χ2n) is 7.20. The van der Waals surface area contributed by atoms with Crippen LogP contribution in [0.5, 0.6) is 0 Å². The van der Waals surface area contributed by atoms with Gasteiger partial charge in [0.15, 0.2) is 6.10 Å². The van der Waals surface area contributed by atoms with Gasteiger partial charge in [-0.25, -0.2) is 4.98 Å². The predicted octanol–water partition coefficient (Wildman–Crippen LogP) is 0.248. The van der Waals surface area contributed by atoms with E-state index in [1.807, 2.05) is 24.6 Å². The minimum Gasteiger partial charge on any atom is -0.352 e. The highest BCUT2D eigenvalue weighted by Crippen LogP contribution is 2.41. The summed E-state index contributed by atoms with van der Waals surface area (Å²) in [6, 6.07) is 0. The lowest BCUT2D eigenvalue weighted by Gasteiger charge is -2.46. The summed E-state index contributed by atoms with van der Waals surface area (Å²) in [6.45, 7) is 6.27. The van der Waals surface area contributed by atoms with Crippen molar-refractivity contribution < 1.29 is 17.9 Å². The molecule has 0 bridgehead atoms. The average molecular weight is 400 g/mol. The van der Waals surface area contributed by atoms with Crippen molar-refractivity contribution in [2.45, 2.75) is 44.9 Å². The first kappa shape index (κ1) is 20.2. The minimum absolute atomic E-state index is 0.0259. The second kappa shape index (κ2) is 7.50. The monoisotopic (exact) mass is 399 g/mol. The normalized spacial score (nSPS) is 22.8. The lowest BCUT2D eigenvalue weighted by molar-refractivity contribution is -0.178. The zero-order valence-electron chi connectivity index (χ0n) is 16.5. The molecule has 1 saturated heterocycles. The minimum atomic E-state index is -3.46. The molecule has 152 valence electrons. The Hall–Kier alpha value is -1.49. The molecule has 0 radical (unpaired) electrons. The molecule has 10 heteroatoms. The van der Waals surface area contributed by atoms with Crippen molar-refractivity contribution in [3.63, 3.8) is 0 Å². The first-order chi connectivity index (χ1) is 12.7. The molecule has 1 fully saturated rings. The van der Waals surface area contributed by atoms with E-state index in [9.17, 15) is 13.2 Å². The van der Waals surface area contributed by atoms with Gasteiger partial charge in [0.05, 0.1) is 6.54 Å². The number of nitrogens with zero attached hydrogens (tertiary/aromatic N) is 5. The van der Waals surface area contributed by atoms with Crippen molar-refractivity contribution in [2.24, 2.45) is 0 Å². The average Bonchev–Trinajstić information content (AvgIpc) is 3.12. The highest BCUT2D eigenvalue weighted by Gasteiger charge is 2.49. The van der Waals surface area contributed by atoms with E-state index in [2.05, 4.69) is 4.98 Å². The molecule has 9 nitrogen and oxygen atoms in total. The van der Waals surface area contributed by atoms with Crippen LogP contribution in [0.4, 0.5) is 0 Å². The molecule has 0 saturated carbocycles. The smallest absolute Gasteiger partial charge is 0.281 e. The highest BCUT2D eigenvalue weighted by atomic mass is 32.2. The zero-order valence-corrected chi connectivity index (χ0v) is 17.3. The number of carbonyl (C=O) groups excluding carboxylic acids is 1. The van der Waals surface area contributed by atoms with Crippen molar-refractivity contribution in [1.29, 1.82) is 0 Å². The summed E-state index contributed by atoms with van der Waals surface area (Å²) in [7, 11) is -0.402. The fourth-order valence-corrected chi connectivity index (χ4v) is 5.02. The molecule has 2 aliphatic heterocycles. The van der Waals surface area contributed by atoms with Gasteiger partial charge in [-0.15, -0.1) is 0 Å². The van der Waals surface area contributed by atoms with Crippen molar-refractivity contribution in [2.75, 3.05) is 40.3 Å². The quantitative estimate of drug-likeness (QED) is 0.708. The number of likely N-dealkylation sites (N-methyl/N-ethyl adjacent to an activating group) is 1. The zero-order chi connectivity index (χ0) is 19.8. The number of hydrogen-bond donors (Lipinski definition) is 0. The van der Waals surface area contributed by atoms with E-state index < -0.39 is 21.9 Å². The summed E-state index contributed by atoms with van der Waals surface area (Å²) in [4.78, 5) is 19.1. The lowest BCUT2D eigenvalue weighted by Crippen LogP contribution is -2.56. The van der Waals surface area contributed by atoms with E-state index in [0.717, 1.165) is 5.82 Å². The number of imidazole rings is 1. The molecule has 3 heterocycles. The van der Waals surface area contributed by atoms with E-state index >= 15 is 0 Å². The summed E-state index contributed by atoms with van der Waals surface area (Å²) in [5, 5.41) is 0. The maximum atomic E-state index is 12.9. The Morgan fingerprint density at radius 3 is 2.48 bits per heavy atom. The SMILES string of the molecule is CCN(CC)C(=O)C1Cn2ccnc2C2(CCN(S(=O)(=O)N(C)C)CC2)O1. The van der Waals surface area contributed by atoms with Gasteiger partial charge in [-0.1, -0.05) is 0 Å². The van der Waals surface area contributed by atoms with Crippen LogP contribution in [-0.4, -0.2) is 83.8 Å². The molecule has 0 aliphatic carbocycles. The first-order valence-corrected chi connectivity index (χ1v) is 10.8. The summed E-state index contributed by atoms with van der Waals surface area (Å²) >= 11 is 0. The number of piperidine rings is 1. The van der Waals surface area contributed by atoms with Gasteiger partial charge in [0.25, 0.3) is 16.1 Å². The van der Waals surface area contributed by atoms with Gasteiger partial charge in [-0.3, -0.25) is 4.79 Å². The topological polar surface area (TPSA) is 88.0 Å². The molecule has 0 aromatic carbocycles. The summed E-state index contributed by atoms with van der Waals surface area (Å²) < 4.78 is 35.9. The summed E-state index contributed by atoms with van der Waals surface area (Å²) in [5.74, 6) is 0.759. The molecule has 1 spiro atoms. The van der Waals surface area contributed by atoms with Crippen LogP contribution in [0, 0.1) is 0 Å². The maximum Gasteiger partial charge on any atom is 0.281 e. The van der Waals surface area contributed by atoms with Crippen LogP contribution in [0.15, 0.2) is 12.4 Å². The molecular weight excluding hydrogens is 370 g/mol. The Bertz CT molecular complexity index is 779. The summed E-state index contributed by atoms with van der Waals surface area (Å²) in [5.41, 5.74) is -0.729. The second-order valence-corrected chi connectivity index (χ2v) is 9.35. The van der Waals surface area contributed by atoms with E-state index in [4.69, 9.17) is 4.74 Å². The third kappa shape index (κ3) is 3.51. The van der Waals surface area contributed by atoms with Gasteiger partial charge in [-0.05, 0) is 26.7 Å². The lowest BCUT2D eigenvalue weighted by atomic mass is 9.89. The number of fused-ring (bicyclic) bond motifs is 2. The third-order valence-electron chi connectivity index (χ3n) is 5.52. The number of amides is 1. The number of rotatable bonds is 5. The molecule has 1 atom stereocenters. The van der Waals surface area contributed by atoms with Crippen LogP contribution in [0.3, 0.4) is 0 Å². The molecule has 1 unspecified atom stereocenters. The molecule has 0 N–H and O–H groups in total. The molecular formula is C17H29N5O4S. The van der Waals surface area contributed by atoms with Gasteiger partial charge >= 0.3 is 0 Å². The van der Waals surface area contributed by atoms with Crippen molar-refractivity contribution in [3.8, 4) is 0 Å². The van der Waals surface area contributed by atoms with Crippen LogP contribution in [-0.2, 0) is 31.9 Å². The standard InChI is InChI=1S/C17H29N5O4S/c1-5-20(6-2)15(23)14-13-21-12-9-18-16(21)17(26-14)7-10-22(11-8-17)27(24,25)19(3)4/h9,12,14H,5-8,10-11,13H2,1-4H3. The molecule has 1 amide bonds. The Labute approximate surface area is 161 Å². The van der Waals surface area contributed by atoms with Gasteiger partial charge in [0.2, 0.25) is 0 Å². The fourth-order valence-electron chi connectivity index (χ4n) is 3.91. The van der Waals surface area contributed by atoms with Crippen LogP contribution in [0.2, 0.25) is 0 Å². The number of aromatic nitrogens is 2. The Morgan fingerprint density at radius 2 is 1.93 bits per heavy atom. The summed E-state index contributed by atoms with van der Waals surface area (Å²) in [6.07, 6.45) is 3.94. The van der Waals surface area contributed by atoms with Crippen molar-refractivity contribution in [1.82, 2.24) is 23.1 Å². The fraction of sp³-hybridized carbons (Fsp3) is 0.765. The number of hydrogen-bond acceptors (Lipinski definition) is 5. The van der Waals surface area contributed by atoms with E-state index in [-0.39, 0.29) is 5.91 Å². The van der Waals surface area contributed by atoms with Gasteiger partial charge in [0, 0.05) is 52.7 Å².